The van der Waals surface area contributed by atoms with Crippen LogP contribution in [0.4, 0.5) is 0 Å². The second kappa shape index (κ2) is 4.07. The molecule has 0 unspecified atom stereocenters. The molecule has 0 bridgehead atoms. The molecule has 16 heavy (non-hydrogen) atoms. The Bertz CT molecular complexity index is 417. The molecule has 2 atom stereocenters. The van der Waals surface area contributed by atoms with Crippen LogP contribution in [0, 0.1) is 0 Å². The molecule has 0 aliphatic heterocycles. The van der Waals surface area contributed by atoms with Gasteiger partial charge < -0.3 is 10.4 Å². The SMILES string of the molecule is C[C@]1(O)Cc2ccccc2[C@H]1NC(=O)CCl. The first-order valence-electron chi connectivity index (χ1n) is 5.20. The molecule has 0 fully saturated rings. The first kappa shape index (κ1) is 11.4. The van der Waals surface area contributed by atoms with Crippen molar-refractivity contribution in [3.8, 4) is 0 Å². The maximum absolute atomic E-state index is 11.3. The van der Waals surface area contributed by atoms with E-state index in [4.69, 9.17) is 11.6 Å². The highest BCUT2D eigenvalue weighted by Gasteiger charge is 2.41. The molecule has 1 aromatic carbocycles. The van der Waals surface area contributed by atoms with Gasteiger partial charge in [-0.2, -0.15) is 0 Å². The standard InChI is InChI=1S/C12H14ClNO2/c1-12(16)6-8-4-2-3-5-9(8)11(12)14-10(15)7-13/h2-5,11,16H,6-7H2,1H3,(H,14,15)/t11-,12+/m1/s1. The van der Waals surface area contributed by atoms with Crippen LogP contribution < -0.4 is 5.32 Å². The van der Waals surface area contributed by atoms with Gasteiger partial charge in [0.2, 0.25) is 5.91 Å². The average molecular weight is 240 g/mol. The Hall–Kier alpha value is -1.06. The molecule has 0 heterocycles. The van der Waals surface area contributed by atoms with E-state index in [1.807, 2.05) is 24.3 Å². The van der Waals surface area contributed by atoms with Crippen LogP contribution in [0.1, 0.15) is 24.1 Å². The second-order valence-corrected chi connectivity index (χ2v) is 4.63. The molecule has 1 aliphatic rings. The van der Waals surface area contributed by atoms with Crippen LogP contribution in [0.2, 0.25) is 0 Å². The minimum atomic E-state index is -0.939. The quantitative estimate of drug-likeness (QED) is 0.767. The zero-order valence-electron chi connectivity index (χ0n) is 9.03. The molecule has 1 amide bonds. The van der Waals surface area contributed by atoms with Crippen molar-refractivity contribution < 1.29 is 9.90 Å². The number of hydrogen-bond donors (Lipinski definition) is 2. The van der Waals surface area contributed by atoms with Crippen LogP contribution in [0.25, 0.3) is 0 Å². The average Bonchev–Trinajstić information content (AvgIpc) is 2.50. The minimum absolute atomic E-state index is 0.0885. The van der Waals surface area contributed by atoms with E-state index in [0.717, 1.165) is 11.1 Å². The number of amides is 1. The molecule has 3 nitrogen and oxygen atoms in total. The number of carbonyl (C=O) groups excluding carboxylic acids is 1. The number of benzene rings is 1. The lowest BCUT2D eigenvalue weighted by Gasteiger charge is -2.26. The number of carbonyl (C=O) groups is 1. The largest absolute Gasteiger partial charge is 0.387 e. The summed E-state index contributed by atoms with van der Waals surface area (Å²) in [5, 5.41) is 13.0. The summed E-state index contributed by atoms with van der Waals surface area (Å²) in [4.78, 5) is 11.3. The summed E-state index contributed by atoms with van der Waals surface area (Å²) in [6.45, 7) is 1.73. The van der Waals surface area contributed by atoms with E-state index in [1.54, 1.807) is 6.92 Å². The zero-order valence-corrected chi connectivity index (χ0v) is 9.79. The summed E-state index contributed by atoms with van der Waals surface area (Å²) < 4.78 is 0. The molecule has 4 heteroatoms. The van der Waals surface area contributed by atoms with Crippen LogP contribution >= 0.6 is 11.6 Å². The lowest BCUT2D eigenvalue weighted by molar-refractivity contribution is -0.121. The van der Waals surface area contributed by atoms with Crippen LogP contribution in [-0.2, 0) is 11.2 Å². The summed E-state index contributed by atoms with van der Waals surface area (Å²) in [5.41, 5.74) is 1.11. The van der Waals surface area contributed by atoms with E-state index >= 15 is 0 Å². The molecule has 86 valence electrons. The van der Waals surface area contributed by atoms with Gasteiger partial charge >= 0.3 is 0 Å². The number of halogens is 1. The van der Waals surface area contributed by atoms with Crippen LogP contribution in [-0.4, -0.2) is 22.5 Å². The Labute approximate surface area is 99.4 Å². The van der Waals surface area contributed by atoms with Crippen molar-refractivity contribution in [3.05, 3.63) is 35.4 Å². The molecular formula is C12H14ClNO2. The summed E-state index contributed by atoms with van der Waals surface area (Å²) >= 11 is 5.46. The summed E-state index contributed by atoms with van der Waals surface area (Å²) in [6, 6.07) is 7.36. The molecule has 2 N–H and O–H groups in total. The van der Waals surface area contributed by atoms with Crippen LogP contribution in [0.5, 0.6) is 0 Å². The van der Waals surface area contributed by atoms with Gasteiger partial charge in [-0.15, -0.1) is 11.6 Å². The molecule has 1 aliphatic carbocycles. The maximum Gasteiger partial charge on any atom is 0.235 e. The second-order valence-electron chi connectivity index (χ2n) is 4.37. The number of rotatable bonds is 2. The highest BCUT2D eigenvalue weighted by Crippen LogP contribution is 2.38. The third-order valence-corrected chi connectivity index (χ3v) is 3.21. The number of fused-ring (bicyclic) bond motifs is 1. The lowest BCUT2D eigenvalue weighted by Crippen LogP contribution is -2.42. The molecule has 0 saturated carbocycles. The first-order chi connectivity index (χ1) is 7.54. The highest BCUT2D eigenvalue weighted by atomic mass is 35.5. The van der Waals surface area contributed by atoms with Crippen molar-refractivity contribution in [3.63, 3.8) is 0 Å². The lowest BCUT2D eigenvalue weighted by atomic mass is 9.97. The number of alkyl halides is 1. The zero-order chi connectivity index (χ0) is 11.8. The molecule has 2 rings (SSSR count). The van der Waals surface area contributed by atoms with E-state index in [0.29, 0.717) is 6.42 Å². The van der Waals surface area contributed by atoms with E-state index in [-0.39, 0.29) is 17.8 Å². The fourth-order valence-corrected chi connectivity index (χ4v) is 2.31. The number of nitrogens with one attached hydrogen (secondary N) is 1. The van der Waals surface area contributed by atoms with Crippen molar-refractivity contribution >= 4 is 17.5 Å². The van der Waals surface area contributed by atoms with Crippen molar-refractivity contribution in [1.29, 1.82) is 0 Å². The van der Waals surface area contributed by atoms with Crippen molar-refractivity contribution in [1.82, 2.24) is 5.32 Å². The van der Waals surface area contributed by atoms with E-state index < -0.39 is 5.60 Å². The van der Waals surface area contributed by atoms with Gasteiger partial charge in [-0.25, -0.2) is 0 Å². The van der Waals surface area contributed by atoms with Gasteiger partial charge in [-0.3, -0.25) is 4.79 Å². The van der Waals surface area contributed by atoms with E-state index in [1.165, 1.54) is 0 Å². The molecule has 0 spiro atoms. The van der Waals surface area contributed by atoms with Gasteiger partial charge in [-0.1, -0.05) is 24.3 Å². The normalized spacial score (nSPS) is 27.6. The van der Waals surface area contributed by atoms with Crippen LogP contribution in [0.15, 0.2) is 24.3 Å². The molecule has 0 radical (unpaired) electrons. The Kier molecular flexibility index (Phi) is 2.91. The van der Waals surface area contributed by atoms with Gasteiger partial charge in [0, 0.05) is 6.42 Å². The Morgan fingerprint density at radius 3 is 3.00 bits per heavy atom. The highest BCUT2D eigenvalue weighted by molar-refractivity contribution is 6.27. The topological polar surface area (TPSA) is 49.3 Å². The Balaban J connectivity index is 2.31. The molecule has 1 aromatic rings. The fraction of sp³-hybridized carbons (Fsp3) is 0.417. The van der Waals surface area contributed by atoms with Crippen molar-refractivity contribution in [2.75, 3.05) is 5.88 Å². The summed E-state index contributed by atoms with van der Waals surface area (Å²) in [7, 11) is 0. The number of hydrogen-bond acceptors (Lipinski definition) is 2. The summed E-state index contributed by atoms with van der Waals surface area (Å²) in [5.74, 6) is -0.349. The smallest absolute Gasteiger partial charge is 0.235 e. The maximum atomic E-state index is 11.3. The van der Waals surface area contributed by atoms with Crippen molar-refractivity contribution in [2.45, 2.75) is 25.0 Å². The predicted molar refractivity (Wildman–Crippen MR) is 62.4 cm³/mol. The molecule has 0 saturated heterocycles. The van der Waals surface area contributed by atoms with Gasteiger partial charge in [0.25, 0.3) is 0 Å². The van der Waals surface area contributed by atoms with Crippen LogP contribution in [0.3, 0.4) is 0 Å². The minimum Gasteiger partial charge on any atom is -0.387 e. The van der Waals surface area contributed by atoms with E-state index in [9.17, 15) is 9.90 Å². The third-order valence-electron chi connectivity index (χ3n) is 2.96. The predicted octanol–water partition coefficient (Wildman–Crippen LogP) is 1.39. The van der Waals surface area contributed by atoms with E-state index in [2.05, 4.69) is 5.32 Å². The fourth-order valence-electron chi connectivity index (χ4n) is 2.23. The Morgan fingerprint density at radius 2 is 2.31 bits per heavy atom. The summed E-state index contributed by atoms with van der Waals surface area (Å²) in [6.07, 6.45) is 0.552. The van der Waals surface area contributed by atoms with Gasteiger partial charge in [0.05, 0.1) is 11.6 Å². The van der Waals surface area contributed by atoms with Gasteiger partial charge in [0.15, 0.2) is 0 Å². The molecular weight excluding hydrogens is 226 g/mol. The molecule has 0 aromatic heterocycles. The first-order valence-corrected chi connectivity index (χ1v) is 5.73. The third kappa shape index (κ3) is 1.93. The Morgan fingerprint density at radius 1 is 1.62 bits per heavy atom. The van der Waals surface area contributed by atoms with Gasteiger partial charge in [-0.05, 0) is 18.1 Å². The monoisotopic (exact) mass is 239 g/mol. The van der Waals surface area contributed by atoms with Gasteiger partial charge in [0.1, 0.15) is 5.88 Å². The number of aliphatic hydroxyl groups is 1. The van der Waals surface area contributed by atoms with Crippen molar-refractivity contribution in [2.24, 2.45) is 0 Å².